The molecule has 1 aromatic heterocycles. The Bertz CT molecular complexity index is 517. The van der Waals surface area contributed by atoms with Crippen LogP contribution in [0, 0.1) is 5.92 Å². The van der Waals surface area contributed by atoms with E-state index in [9.17, 15) is 0 Å². The lowest BCUT2D eigenvalue weighted by Crippen LogP contribution is -1.92. The van der Waals surface area contributed by atoms with Gasteiger partial charge in [0.05, 0.1) is 5.38 Å². The van der Waals surface area contributed by atoms with Crippen molar-refractivity contribution in [3.05, 3.63) is 57.8 Å². The Morgan fingerprint density at radius 1 is 1.22 bits per heavy atom. The zero-order valence-corrected chi connectivity index (χ0v) is 12.0. The summed E-state index contributed by atoms with van der Waals surface area (Å²) in [7, 11) is 0. The van der Waals surface area contributed by atoms with Crippen LogP contribution in [0.4, 0.5) is 0 Å². The molecule has 3 rings (SSSR count). The van der Waals surface area contributed by atoms with Crippen LogP contribution in [0.15, 0.2) is 42.5 Å². The van der Waals surface area contributed by atoms with Gasteiger partial charge in [0.15, 0.2) is 0 Å². The van der Waals surface area contributed by atoms with Crippen molar-refractivity contribution in [3.8, 4) is 0 Å². The van der Waals surface area contributed by atoms with Crippen LogP contribution >= 0.6 is 22.9 Å². The summed E-state index contributed by atoms with van der Waals surface area (Å²) in [6.07, 6.45) is 2.35. The van der Waals surface area contributed by atoms with Crippen molar-refractivity contribution in [1.29, 1.82) is 0 Å². The molecule has 0 aliphatic heterocycles. The number of hydrogen-bond acceptors (Lipinski definition) is 1. The summed E-state index contributed by atoms with van der Waals surface area (Å²) < 4.78 is 0. The number of alkyl halides is 1. The van der Waals surface area contributed by atoms with Gasteiger partial charge in [0, 0.05) is 9.75 Å². The molecule has 94 valence electrons. The maximum Gasteiger partial charge on any atom is 0.0712 e. The number of hydrogen-bond donors (Lipinski definition) is 0. The summed E-state index contributed by atoms with van der Waals surface area (Å²) in [5, 5.41) is 0.195. The number of rotatable bonds is 4. The van der Waals surface area contributed by atoms with Gasteiger partial charge in [-0.05, 0) is 42.4 Å². The molecule has 1 aromatic carbocycles. The van der Waals surface area contributed by atoms with E-state index in [1.165, 1.54) is 21.7 Å². The van der Waals surface area contributed by atoms with Gasteiger partial charge in [0.25, 0.3) is 0 Å². The van der Waals surface area contributed by atoms with E-state index in [1.54, 1.807) is 0 Å². The second kappa shape index (κ2) is 5.07. The molecule has 0 saturated heterocycles. The van der Waals surface area contributed by atoms with Gasteiger partial charge in [-0.3, -0.25) is 0 Å². The Morgan fingerprint density at radius 3 is 2.67 bits per heavy atom. The highest BCUT2D eigenvalue weighted by Gasteiger charge is 2.44. The molecular weight excluding hydrogens is 260 g/mol. The van der Waals surface area contributed by atoms with E-state index >= 15 is 0 Å². The molecule has 3 atom stereocenters. The summed E-state index contributed by atoms with van der Waals surface area (Å²) >= 11 is 8.50. The van der Waals surface area contributed by atoms with Crippen LogP contribution in [0.3, 0.4) is 0 Å². The van der Waals surface area contributed by atoms with Crippen LogP contribution in [-0.2, 0) is 6.42 Å². The largest absolute Gasteiger partial charge is 0.144 e. The standard InChI is InChI=1S/C16H17ClS/c1-2-12-8-9-15(18-12)16(17)14-10-13(14)11-6-4-3-5-7-11/h3-9,13-14,16H,2,10H2,1H3. The Morgan fingerprint density at radius 2 is 2.00 bits per heavy atom. The predicted octanol–water partition coefficient (Wildman–Crippen LogP) is 5.39. The first-order valence-corrected chi connectivity index (χ1v) is 7.82. The second-order valence-corrected chi connectivity index (χ2v) is 6.65. The lowest BCUT2D eigenvalue weighted by molar-refractivity contribution is 0.776. The van der Waals surface area contributed by atoms with E-state index in [2.05, 4.69) is 49.4 Å². The number of aryl methyl sites for hydroxylation is 1. The van der Waals surface area contributed by atoms with Crippen molar-refractivity contribution >= 4 is 22.9 Å². The highest BCUT2D eigenvalue weighted by atomic mass is 35.5. The molecule has 2 heteroatoms. The van der Waals surface area contributed by atoms with E-state index in [4.69, 9.17) is 11.6 Å². The molecule has 2 aromatic rings. The number of thiophene rings is 1. The van der Waals surface area contributed by atoms with Gasteiger partial charge in [-0.1, -0.05) is 37.3 Å². The molecule has 1 fully saturated rings. The summed E-state index contributed by atoms with van der Waals surface area (Å²) in [5.74, 6) is 1.29. The first-order chi connectivity index (χ1) is 8.79. The third-order valence-corrected chi connectivity index (χ3v) is 5.75. The summed E-state index contributed by atoms with van der Waals surface area (Å²) in [4.78, 5) is 2.78. The van der Waals surface area contributed by atoms with Crippen molar-refractivity contribution in [1.82, 2.24) is 0 Å². The lowest BCUT2D eigenvalue weighted by Gasteiger charge is -2.06. The zero-order valence-electron chi connectivity index (χ0n) is 10.5. The van der Waals surface area contributed by atoms with Crippen molar-refractivity contribution in [2.45, 2.75) is 31.1 Å². The number of benzene rings is 1. The minimum absolute atomic E-state index is 0.195. The summed E-state index contributed by atoms with van der Waals surface area (Å²) in [6.45, 7) is 2.20. The van der Waals surface area contributed by atoms with E-state index in [1.807, 2.05) is 11.3 Å². The fourth-order valence-electron chi connectivity index (χ4n) is 2.57. The van der Waals surface area contributed by atoms with Crippen LogP contribution < -0.4 is 0 Å². The van der Waals surface area contributed by atoms with Crippen molar-refractivity contribution in [3.63, 3.8) is 0 Å². The Labute approximate surface area is 118 Å². The monoisotopic (exact) mass is 276 g/mol. The second-order valence-electron chi connectivity index (χ2n) is 4.98. The first-order valence-electron chi connectivity index (χ1n) is 6.57. The van der Waals surface area contributed by atoms with Crippen LogP contribution in [0.25, 0.3) is 0 Å². The molecule has 1 heterocycles. The fourth-order valence-corrected chi connectivity index (χ4v) is 4.06. The van der Waals surface area contributed by atoms with Gasteiger partial charge in [-0.2, -0.15) is 0 Å². The van der Waals surface area contributed by atoms with Gasteiger partial charge in [0.2, 0.25) is 0 Å². The molecule has 0 bridgehead atoms. The lowest BCUT2D eigenvalue weighted by atomic mass is 10.1. The molecule has 0 amide bonds. The van der Waals surface area contributed by atoms with Gasteiger partial charge >= 0.3 is 0 Å². The topological polar surface area (TPSA) is 0 Å². The smallest absolute Gasteiger partial charge is 0.0712 e. The van der Waals surface area contributed by atoms with Crippen LogP contribution in [0.1, 0.15) is 40.0 Å². The fraction of sp³-hybridized carbons (Fsp3) is 0.375. The zero-order chi connectivity index (χ0) is 12.5. The van der Waals surface area contributed by atoms with E-state index in [0.717, 1.165) is 6.42 Å². The third kappa shape index (κ3) is 2.34. The molecule has 0 radical (unpaired) electrons. The van der Waals surface area contributed by atoms with E-state index in [0.29, 0.717) is 11.8 Å². The average molecular weight is 277 g/mol. The molecule has 3 unspecified atom stereocenters. The van der Waals surface area contributed by atoms with Crippen LogP contribution in [-0.4, -0.2) is 0 Å². The van der Waals surface area contributed by atoms with Crippen LogP contribution in [0.5, 0.6) is 0 Å². The van der Waals surface area contributed by atoms with Gasteiger partial charge < -0.3 is 0 Å². The summed E-state index contributed by atoms with van der Waals surface area (Å²) in [5.41, 5.74) is 1.44. The molecule has 1 saturated carbocycles. The Balaban J connectivity index is 1.70. The molecule has 0 N–H and O–H groups in total. The van der Waals surface area contributed by atoms with Gasteiger partial charge in [-0.25, -0.2) is 0 Å². The summed E-state index contributed by atoms with van der Waals surface area (Å²) in [6, 6.07) is 15.2. The highest BCUT2D eigenvalue weighted by molar-refractivity contribution is 7.12. The third-order valence-electron chi connectivity index (χ3n) is 3.75. The van der Waals surface area contributed by atoms with Gasteiger partial charge in [0.1, 0.15) is 0 Å². The molecular formula is C16H17ClS. The minimum Gasteiger partial charge on any atom is -0.144 e. The first kappa shape index (κ1) is 12.3. The average Bonchev–Trinajstić information content (AvgIpc) is 3.08. The number of halogens is 1. The molecule has 1 aliphatic rings. The quantitative estimate of drug-likeness (QED) is 0.657. The van der Waals surface area contributed by atoms with Crippen molar-refractivity contribution in [2.24, 2.45) is 5.92 Å². The molecule has 18 heavy (non-hydrogen) atoms. The van der Waals surface area contributed by atoms with Crippen molar-refractivity contribution in [2.75, 3.05) is 0 Å². The highest BCUT2D eigenvalue weighted by Crippen LogP contribution is 2.57. The van der Waals surface area contributed by atoms with Crippen LogP contribution in [0.2, 0.25) is 0 Å². The maximum atomic E-state index is 6.63. The Hall–Kier alpha value is -0.790. The van der Waals surface area contributed by atoms with Gasteiger partial charge in [-0.15, -0.1) is 22.9 Å². The van der Waals surface area contributed by atoms with E-state index in [-0.39, 0.29) is 5.38 Å². The molecule has 1 aliphatic carbocycles. The SMILES string of the molecule is CCc1ccc(C(Cl)C2CC2c2ccccc2)s1. The molecule has 0 spiro atoms. The Kier molecular flexibility index (Phi) is 3.45. The normalized spacial score (nSPS) is 23.9. The van der Waals surface area contributed by atoms with Crippen molar-refractivity contribution < 1.29 is 0 Å². The predicted molar refractivity (Wildman–Crippen MR) is 79.6 cm³/mol. The maximum absolute atomic E-state index is 6.63. The minimum atomic E-state index is 0.195. The van der Waals surface area contributed by atoms with E-state index < -0.39 is 0 Å². The molecule has 0 nitrogen and oxygen atoms in total.